The number of amides is 1. The molecule has 46 valence electrons. The summed E-state index contributed by atoms with van der Waals surface area (Å²) in [6, 6.07) is 3.04. The van der Waals surface area contributed by atoms with Crippen molar-refractivity contribution in [1.29, 1.82) is 0 Å². The van der Waals surface area contributed by atoms with Gasteiger partial charge in [-0.2, -0.15) is 0 Å². The highest BCUT2D eigenvalue weighted by atomic mass is 16.1. The van der Waals surface area contributed by atoms with Crippen molar-refractivity contribution < 1.29 is 6.17 Å². The predicted octanol–water partition coefficient (Wildman–Crippen LogP) is 0.181. The Labute approximate surface area is 53.9 Å². The van der Waals surface area contributed by atoms with Gasteiger partial charge in [0.2, 0.25) is 5.91 Å². The number of hydrogen-bond donors (Lipinski definition) is 1. The molecule has 3 nitrogen and oxygen atoms in total. The standard InChI is InChI=1S/C6H6N2O/c7-6(9)5-2-1-3-8-4-5/h1-4H,(H2,7,9)/i4D. The lowest BCUT2D eigenvalue weighted by Crippen LogP contribution is -2.10. The van der Waals surface area contributed by atoms with Crippen LogP contribution in [0.2, 0.25) is 0 Å². The van der Waals surface area contributed by atoms with Gasteiger partial charge in [-0.05, 0) is 12.1 Å². The van der Waals surface area contributed by atoms with E-state index in [1.165, 1.54) is 12.3 Å². The van der Waals surface area contributed by atoms with Crippen LogP contribution in [0.25, 0.3) is 0 Å². The monoisotopic (exact) mass is 123 g/mol. The van der Waals surface area contributed by atoms with Crippen LogP contribution in [-0.2, 0) is 0 Å². The molecule has 0 aromatic carbocycles. The SMILES string of the molecule is [2H]c1ncccc1C(N)=O. The first kappa shape index (κ1) is 4.49. The van der Waals surface area contributed by atoms with Crippen LogP contribution in [0.1, 0.15) is 11.7 Å². The molecule has 0 bridgehead atoms. The first-order chi connectivity index (χ1) is 4.72. The fraction of sp³-hybridized carbons (Fsp3) is 0. The van der Waals surface area contributed by atoms with E-state index in [0.717, 1.165) is 0 Å². The van der Waals surface area contributed by atoms with Gasteiger partial charge in [-0.1, -0.05) is 0 Å². The zero-order valence-electron chi connectivity index (χ0n) is 5.66. The Hall–Kier alpha value is -1.38. The Bertz CT molecular complexity index is 262. The van der Waals surface area contributed by atoms with Crippen molar-refractivity contribution >= 4 is 5.91 Å². The van der Waals surface area contributed by atoms with E-state index in [-0.39, 0.29) is 11.7 Å². The third kappa shape index (κ3) is 1.25. The highest BCUT2D eigenvalue weighted by Gasteiger charge is 1.94. The van der Waals surface area contributed by atoms with Gasteiger partial charge < -0.3 is 5.73 Å². The number of carbonyl (C=O) groups is 1. The van der Waals surface area contributed by atoms with Gasteiger partial charge in [0.1, 0.15) is 0 Å². The summed E-state index contributed by atoms with van der Waals surface area (Å²) >= 11 is 0. The van der Waals surface area contributed by atoms with E-state index in [4.69, 9.17) is 7.10 Å². The molecular weight excluding hydrogens is 116 g/mol. The third-order valence-electron chi connectivity index (χ3n) is 0.874. The molecule has 1 aromatic rings. The van der Waals surface area contributed by atoms with Gasteiger partial charge in [-0.15, -0.1) is 0 Å². The third-order valence-corrected chi connectivity index (χ3v) is 0.874. The minimum Gasteiger partial charge on any atom is -0.366 e. The first-order valence-corrected chi connectivity index (χ1v) is 2.43. The van der Waals surface area contributed by atoms with Crippen LogP contribution in [0.3, 0.4) is 0 Å². The molecule has 3 heteroatoms. The van der Waals surface area contributed by atoms with E-state index >= 15 is 0 Å². The van der Waals surface area contributed by atoms with E-state index in [9.17, 15) is 4.79 Å². The Morgan fingerprint density at radius 3 is 3.11 bits per heavy atom. The number of rotatable bonds is 1. The van der Waals surface area contributed by atoms with Crippen LogP contribution in [0.4, 0.5) is 0 Å². The number of nitrogens with zero attached hydrogens (tertiary/aromatic N) is 1. The highest BCUT2D eigenvalue weighted by Crippen LogP contribution is 1.91. The van der Waals surface area contributed by atoms with Gasteiger partial charge in [-0.3, -0.25) is 9.78 Å². The first-order valence-electron chi connectivity index (χ1n) is 2.93. The molecule has 0 aliphatic rings. The number of primary amides is 1. The normalized spacial score (nSPS) is 10.4. The smallest absolute Gasteiger partial charge is 0.250 e. The lowest BCUT2D eigenvalue weighted by Gasteiger charge is -1.88. The predicted molar refractivity (Wildman–Crippen MR) is 32.8 cm³/mol. The molecule has 0 aliphatic carbocycles. The largest absolute Gasteiger partial charge is 0.366 e. The molecule has 0 spiro atoms. The van der Waals surface area contributed by atoms with Gasteiger partial charge in [0.15, 0.2) is 0 Å². The van der Waals surface area contributed by atoms with E-state index in [2.05, 4.69) is 4.98 Å². The maximum absolute atomic E-state index is 10.5. The van der Waals surface area contributed by atoms with Crippen LogP contribution >= 0.6 is 0 Å². The lowest BCUT2D eigenvalue weighted by atomic mass is 10.3. The summed E-state index contributed by atoms with van der Waals surface area (Å²) in [4.78, 5) is 14.1. The fourth-order valence-electron chi connectivity index (χ4n) is 0.464. The molecule has 2 N–H and O–H groups in total. The Morgan fingerprint density at radius 1 is 1.89 bits per heavy atom. The van der Waals surface area contributed by atoms with Gasteiger partial charge in [0.25, 0.3) is 0 Å². The molecule has 0 atom stereocenters. The summed E-state index contributed by atoms with van der Waals surface area (Å²) in [5.41, 5.74) is 5.07. The molecule has 1 heterocycles. The second kappa shape index (κ2) is 2.26. The van der Waals surface area contributed by atoms with Crippen LogP contribution in [0.15, 0.2) is 24.5 Å². The molecule has 9 heavy (non-hydrogen) atoms. The number of aromatic nitrogens is 1. The maximum Gasteiger partial charge on any atom is 0.250 e. The number of carbonyl (C=O) groups excluding carboxylic acids is 1. The molecule has 1 aromatic heterocycles. The second-order valence-corrected chi connectivity index (χ2v) is 1.53. The topological polar surface area (TPSA) is 56.0 Å². The van der Waals surface area contributed by atoms with E-state index in [1.807, 2.05) is 0 Å². The van der Waals surface area contributed by atoms with Crippen LogP contribution in [0, 0.1) is 0 Å². The van der Waals surface area contributed by atoms with Crippen LogP contribution in [0.5, 0.6) is 0 Å². The minimum atomic E-state index is -0.613. The van der Waals surface area contributed by atoms with Crippen molar-refractivity contribution in [2.75, 3.05) is 0 Å². The van der Waals surface area contributed by atoms with Crippen molar-refractivity contribution in [3.05, 3.63) is 30.1 Å². The minimum absolute atomic E-state index is 0.0741. The van der Waals surface area contributed by atoms with Gasteiger partial charge in [0, 0.05) is 12.4 Å². The quantitative estimate of drug-likeness (QED) is 0.579. The highest BCUT2D eigenvalue weighted by molar-refractivity contribution is 5.92. The van der Waals surface area contributed by atoms with Crippen molar-refractivity contribution in [2.45, 2.75) is 0 Å². The molecule has 1 rings (SSSR count). The molecule has 0 unspecified atom stereocenters. The average Bonchev–Trinajstić information content (AvgIpc) is 1.88. The zero-order valence-corrected chi connectivity index (χ0v) is 4.66. The van der Waals surface area contributed by atoms with Gasteiger partial charge in [-0.25, -0.2) is 0 Å². The summed E-state index contributed by atoms with van der Waals surface area (Å²) in [7, 11) is 0. The molecule has 0 saturated heterocycles. The Balaban J connectivity index is 3.15. The van der Waals surface area contributed by atoms with Gasteiger partial charge >= 0.3 is 0 Å². The van der Waals surface area contributed by atoms with E-state index < -0.39 is 5.91 Å². The molecular formula is C6H6N2O. The van der Waals surface area contributed by atoms with Crippen LogP contribution < -0.4 is 5.73 Å². The van der Waals surface area contributed by atoms with Crippen molar-refractivity contribution in [1.82, 2.24) is 4.98 Å². The summed E-state index contributed by atoms with van der Waals surface area (Å²) < 4.78 is 7.09. The molecule has 0 aliphatic heterocycles. The lowest BCUT2D eigenvalue weighted by molar-refractivity contribution is 0.1000. The summed E-state index contributed by atoms with van der Waals surface area (Å²) in [6.45, 7) is 0. The maximum atomic E-state index is 10.5. The van der Waals surface area contributed by atoms with Crippen molar-refractivity contribution in [2.24, 2.45) is 5.73 Å². The summed E-state index contributed by atoms with van der Waals surface area (Å²) in [5, 5.41) is 0. The average molecular weight is 123 g/mol. The molecule has 0 fully saturated rings. The van der Waals surface area contributed by atoms with Crippen LogP contribution in [-0.4, -0.2) is 10.9 Å². The van der Waals surface area contributed by atoms with E-state index in [1.54, 1.807) is 6.07 Å². The molecule has 0 saturated carbocycles. The van der Waals surface area contributed by atoms with Crippen molar-refractivity contribution in [3.8, 4) is 0 Å². The Kier molecular flexibility index (Phi) is 1.13. The summed E-state index contributed by atoms with van der Waals surface area (Å²) in [5.74, 6) is -0.613. The second-order valence-electron chi connectivity index (χ2n) is 1.53. The van der Waals surface area contributed by atoms with Crippen molar-refractivity contribution in [3.63, 3.8) is 0 Å². The Morgan fingerprint density at radius 2 is 2.67 bits per heavy atom. The number of hydrogen-bond acceptors (Lipinski definition) is 2. The fourth-order valence-corrected chi connectivity index (χ4v) is 0.464. The molecule has 1 amide bonds. The number of pyridine rings is 1. The number of nitrogens with two attached hydrogens (primary N) is 1. The molecule has 0 radical (unpaired) electrons. The summed E-state index contributed by atoms with van der Waals surface area (Å²) in [6.07, 6.45) is 1.37. The van der Waals surface area contributed by atoms with E-state index in [0.29, 0.717) is 0 Å². The van der Waals surface area contributed by atoms with Gasteiger partial charge in [0.05, 0.1) is 6.93 Å². The zero-order chi connectivity index (χ0) is 7.56.